The van der Waals surface area contributed by atoms with Crippen molar-refractivity contribution in [2.75, 3.05) is 6.54 Å². The molecule has 11 heavy (non-hydrogen) atoms. The van der Waals surface area contributed by atoms with Gasteiger partial charge in [0, 0.05) is 0 Å². The van der Waals surface area contributed by atoms with Crippen LogP contribution in [0, 0.1) is 23.7 Å². The first-order valence-electron chi connectivity index (χ1n) is 4.90. The molecule has 1 fully saturated rings. The number of nitrogens with two attached hydrogens (primary N) is 1. The molecule has 1 heteroatoms. The van der Waals surface area contributed by atoms with E-state index in [0.717, 1.165) is 30.2 Å². The van der Waals surface area contributed by atoms with E-state index in [-0.39, 0.29) is 0 Å². The summed E-state index contributed by atoms with van der Waals surface area (Å²) in [6.45, 7) is 7.94. The lowest BCUT2D eigenvalue weighted by atomic mass is 9.87. The molecule has 0 aromatic heterocycles. The van der Waals surface area contributed by atoms with Crippen LogP contribution in [-0.2, 0) is 0 Å². The van der Waals surface area contributed by atoms with Gasteiger partial charge in [-0.2, -0.15) is 0 Å². The highest BCUT2D eigenvalue weighted by Gasteiger charge is 2.35. The van der Waals surface area contributed by atoms with E-state index in [0.29, 0.717) is 0 Å². The molecule has 1 saturated carbocycles. The van der Waals surface area contributed by atoms with E-state index in [4.69, 9.17) is 5.73 Å². The third kappa shape index (κ3) is 1.58. The summed E-state index contributed by atoms with van der Waals surface area (Å²) in [6.07, 6.45) is 2.67. The van der Waals surface area contributed by atoms with Crippen LogP contribution in [0.25, 0.3) is 0 Å². The summed E-state index contributed by atoms with van der Waals surface area (Å²) >= 11 is 0. The van der Waals surface area contributed by atoms with Gasteiger partial charge in [-0.15, -0.1) is 0 Å². The molecule has 0 amide bonds. The van der Waals surface area contributed by atoms with Crippen molar-refractivity contribution in [2.45, 2.75) is 33.6 Å². The van der Waals surface area contributed by atoms with Crippen LogP contribution < -0.4 is 5.73 Å². The van der Waals surface area contributed by atoms with E-state index in [2.05, 4.69) is 20.8 Å². The molecule has 4 unspecified atom stereocenters. The van der Waals surface area contributed by atoms with Gasteiger partial charge in [0.15, 0.2) is 0 Å². The van der Waals surface area contributed by atoms with Gasteiger partial charge < -0.3 is 5.73 Å². The van der Waals surface area contributed by atoms with Crippen molar-refractivity contribution in [3.05, 3.63) is 0 Å². The molecular weight excluding hydrogens is 134 g/mol. The Morgan fingerprint density at radius 3 is 2.36 bits per heavy atom. The summed E-state index contributed by atoms with van der Waals surface area (Å²) in [7, 11) is 0. The molecule has 1 nitrogen and oxygen atoms in total. The standard InChI is InChI=1S/C10H21N/c1-4-10-8(3)7(2)5-9(10)6-11/h7-10H,4-6,11H2,1-3H3. The van der Waals surface area contributed by atoms with Crippen LogP contribution in [0.5, 0.6) is 0 Å². The first-order chi connectivity index (χ1) is 5.20. The Hall–Kier alpha value is -0.0400. The Labute approximate surface area is 70.4 Å². The van der Waals surface area contributed by atoms with Crippen LogP contribution in [0.1, 0.15) is 33.6 Å². The first kappa shape index (κ1) is 9.05. The minimum absolute atomic E-state index is 0.810. The maximum absolute atomic E-state index is 5.72. The highest BCUT2D eigenvalue weighted by atomic mass is 14.6. The average molecular weight is 155 g/mol. The highest BCUT2D eigenvalue weighted by molar-refractivity contribution is 4.86. The van der Waals surface area contributed by atoms with Crippen molar-refractivity contribution < 1.29 is 0 Å². The average Bonchev–Trinajstić information content (AvgIpc) is 2.28. The summed E-state index contributed by atoms with van der Waals surface area (Å²) in [4.78, 5) is 0. The molecule has 0 spiro atoms. The highest BCUT2D eigenvalue weighted by Crippen LogP contribution is 2.42. The van der Waals surface area contributed by atoms with Crippen molar-refractivity contribution in [1.29, 1.82) is 0 Å². The molecule has 0 aromatic carbocycles. The zero-order chi connectivity index (χ0) is 8.43. The van der Waals surface area contributed by atoms with E-state index >= 15 is 0 Å². The Kier molecular flexibility index (Phi) is 2.94. The second-order valence-corrected chi connectivity index (χ2v) is 4.14. The molecular formula is C10H21N. The fourth-order valence-electron chi connectivity index (χ4n) is 2.69. The number of hydrogen-bond donors (Lipinski definition) is 1. The van der Waals surface area contributed by atoms with Crippen LogP contribution in [0.3, 0.4) is 0 Å². The van der Waals surface area contributed by atoms with Gasteiger partial charge in [-0.1, -0.05) is 27.2 Å². The van der Waals surface area contributed by atoms with Crippen molar-refractivity contribution in [2.24, 2.45) is 29.4 Å². The molecule has 0 radical (unpaired) electrons. The van der Waals surface area contributed by atoms with Gasteiger partial charge in [0.2, 0.25) is 0 Å². The lowest BCUT2D eigenvalue weighted by Gasteiger charge is -2.20. The summed E-state index contributed by atoms with van der Waals surface area (Å²) in [5.74, 6) is 3.50. The van der Waals surface area contributed by atoms with Crippen molar-refractivity contribution in [3.8, 4) is 0 Å². The molecule has 1 aliphatic carbocycles. The molecule has 4 atom stereocenters. The lowest BCUT2D eigenvalue weighted by Crippen LogP contribution is -2.20. The summed E-state index contributed by atoms with van der Waals surface area (Å²) in [6, 6.07) is 0. The Balaban J connectivity index is 2.57. The van der Waals surface area contributed by atoms with Gasteiger partial charge in [0.1, 0.15) is 0 Å². The molecule has 0 bridgehead atoms. The maximum Gasteiger partial charge on any atom is -0.00460 e. The zero-order valence-corrected chi connectivity index (χ0v) is 8.01. The van der Waals surface area contributed by atoms with Crippen LogP contribution in [0.4, 0.5) is 0 Å². The zero-order valence-electron chi connectivity index (χ0n) is 8.01. The van der Waals surface area contributed by atoms with Crippen LogP contribution in [0.2, 0.25) is 0 Å². The second kappa shape index (κ2) is 3.57. The van der Waals surface area contributed by atoms with Crippen molar-refractivity contribution >= 4 is 0 Å². The Morgan fingerprint density at radius 1 is 1.36 bits per heavy atom. The van der Waals surface area contributed by atoms with E-state index in [9.17, 15) is 0 Å². The lowest BCUT2D eigenvalue weighted by molar-refractivity contribution is 0.305. The monoisotopic (exact) mass is 155 g/mol. The van der Waals surface area contributed by atoms with E-state index < -0.39 is 0 Å². The van der Waals surface area contributed by atoms with Gasteiger partial charge in [0.25, 0.3) is 0 Å². The molecule has 0 saturated heterocycles. The topological polar surface area (TPSA) is 26.0 Å². The van der Waals surface area contributed by atoms with Crippen molar-refractivity contribution in [3.63, 3.8) is 0 Å². The minimum atomic E-state index is 0.810. The van der Waals surface area contributed by atoms with Gasteiger partial charge in [-0.25, -0.2) is 0 Å². The third-order valence-corrected chi connectivity index (χ3v) is 3.63. The van der Waals surface area contributed by atoms with Gasteiger partial charge in [-0.05, 0) is 36.6 Å². The molecule has 0 aromatic rings. The molecule has 2 N–H and O–H groups in total. The summed E-state index contributed by atoms with van der Waals surface area (Å²) in [5, 5.41) is 0. The predicted molar refractivity (Wildman–Crippen MR) is 49.3 cm³/mol. The maximum atomic E-state index is 5.72. The first-order valence-corrected chi connectivity index (χ1v) is 4.90. The molecule has 1 aliphatic rings. The number of hydrogen-bond acceptors (Lipinski definition) is 1. The van der Waals surface area contributed by atoms with Crippen molar-refractivity contribution in [1.82, 2.24) is 0 Å². The Morgan fingerprint density at radius 2 is 2.00 bits per heavy atom. The van der Waals surface area contributed by atoms with Crippen LogP contribution >= 0.6 is 0 Å². The second-order valence-electron chi connectivity index (χ2n) is 4.14. The third-order valence-electron chi connectivity index (χ3n) is 3.63. The van der Waals surface area contributed by atoms with Gasteiger partial charge in [-0.3, -0.25) is 0 Å². The van der Waals surface area contributed by atoms with Gasteiger partial charge >= 0.3 is 0 Å². The molecule has 0 aliphatic heterocycles. The molecule has 66 valence electrons. The Bertz CT molecular complexity index is 122. The van der Waals surface area contributed by atoms with E-state index in [1.807, 2.05) is 0 Å². The summed E-state index contributed by atoms with van der Waals surface area (Å²) < 4.78 is 0. The summed E-state index contributed by atoms with van der Waals surface area (Å²) in [5.41, 5.74) is 5.72. The fraction of sp³-hybridized carbons (Fsp3) is 1.00. The normalized spacial score (nSPS) is 44.7. The molecule has 1 rings (SSSR count). The quantitative estimate of drug-likeness (QED) is 0.650. The van der Waals surface area contributed by atoms with E-state index in [1.165, 1.54) is 12.8 Å². The van der Waals surface area contributed by atoms with Gasteiger partial charge in [0.05, 0.1) is 0 Å². The fourth-order valence-corrected chi connectivity index (χ4v) is 2.69. The SMILES string of the molecule is CCC1C(CN)CC(C)C1C. The van der Waals surface area contributed by atoms with E-state index in [1.54, 1.807) is 0 Å². The largest absolute Gasteiger partial charge is 0.330 e. The minimum Gasteiger partial charge on any atom is -0.330 e. The smallest absolute Gasteiger partial charge is 0.00460 e. The van der Waals surface area contributed by atoms with Crippen LogP contribution in [0.15, 0.2) is 0 Å². The number of rotatable bonds is 2. The van der Waals surface area contributed by atoms with Crippen LogP contribution in [-0.4, -0.2) is 6.54 Å². The predicted octanol–water partition coefficient (Wildman–Crippen LogP) is 2.26. The molecule has 0 heterocycles.